The molecule has 1 atom stereocenters. The minimum absolute atomic E-state index is 0.371. The van der Waals surface area contributed by atoms with Crippen molar-refractivity contribution >= 4 is 0 Å². The van der Waals surface area contributed by atoms with Crippen LogP contribution in [0.1, 0.15) is 19.8 Å². The molecule has 0 bridgehead atoms. The number of hydrogen-bond donors (Lipinski definition) is 1. The van der Waals surface area contributed by atoms with Gasteiger partial charge in [0.05, 0.1) is 6.10 Å². The van der Waals surface area contributed by atoms with Crippen molar-refractivity contribution in [2.75, 3.05) is 26.5 Å². The topological polar surface area (TPSA) is 30.5 Å². The fourth-order valence-corrected chi connectivity index (χ4v) is 1.19. The maximum absolute atomic E-state index is 5.44. The summed E-state index contributed by atoms with van der Waals surface area (Å²) in [6.07, 6.45) is 2.76. The van der Waals surface area contributed by atoms with E-state index in [9.17, 15) is 0 Å². The van der Waals surface area contributed by atoms with Crippen molar-refractivity contribution in [3.8, 4) is 0 Å². The molecule has 0 radical (unpaired) electrons. The van der Waals surface area contributed by atoms with Crippen LogP contribution in [0.15, 0.2) is 0 Å². The highest BCUT2D eigenvalue weighted by Crippen LogP contribution is 2.05. The molecule has 0 spiro atoms. The van der Waals surface area contributed by atoms with E-state index in [2.05, 4.69) is 5.32 Å². The lowest BCUT2D eigenvalue weighted by Crippen LogP contribution is -2.35. The van der Waals surface area contributed by atoms with Crippen LogP contribution in [0.4, 0.5) is 0 Å². The van der Waals surface area contributed by atoms with Gasteiger partial charge in [-0.3, -0.25) is 0 Å². The molecule has 3 heteroatoms. The highest BCUT2D eigenvalue weighted by Gasteiger charge is 2.12. The lowest BCUT2D eigenvalue weighted by atomic mass is 10.1. The van der Waals surface area contributed by atoms with E-state index < -0.39 is 0 Å². The summed E-state index contributed by atoms with van der Waals surface area (Å²) in [7, 11) is 0. The molecule has 1 fully saturated rings. The predicted octanol–water partition coefficient (Wildman–Crippen LogP) is 0.749. The van der Waals surface area contributed by atoms with E-state index >= 15 is 0 Å². The molecular formula is C8H17NO2. The van der Waals surface area contributed by atoms with Crippen molar-refractivity contribution < 1.29 is 9.47 Å². The maximum atomic E-state index is 5.44. The van der Waals surface area contributed by atoms with Gasteiger partial charge in [0.25, 0.3) is 0 Å². The second-order valence-electron chi connectivity index (χ2n) is 2.75. The van der Waals surface area contributed by atoms with Crippen LogP contribution in [-0.4, -0.2) is 32.6 Å². The summed E-state index contributed by atoms with van der Waals surface area (Å²) in [6, 6.07) is 0. The summed E-state index contributed by atoms with van der Waals surface area (Å²) < 4.78 is 10.5. The highest BCUT2D eigenvalue weighted by atomic mass is 16.7. The van der Waals surface area contributed by atoms with Gasteiger partial charge in [0.1, 0.15) is 6.79 Å². The van der Waals surface area contributed by atoms with Gasteiger partial charge < -0.3 is 14.8 Å². The van der Waals surface area contributed by atoms with Gasteiger partial charge in [-0.2, -0.15) is 0 Å². The van der Waals surface area contributed by atoms with E-state index in [-0.39, 0.29) is 0 Å². The Morgan fingerprint density at radius 3 is 3.09 bits per heavy atom. The minimum atomic E-state index is 0.371. The molecule has 11 heavy (non-hydrogen) atoms. The van der Waals surface area contributed by atoms with Crippen LogP contribution in [0, 0.1) is 0 Å². The first-order valence-corrected chi connectivity index (χ1v) is 4.33. The molecule has 1 heterocycles. The number of hydrogen-bond acceptors (Lipinski definition) is 3. The second kappa shape index (κ2) is 5.52. The first-order valence-electron chi connectivity index (χ1n) is 4.33. The summed E-state index contributed by atoms with van der Waals surface area (Å²) >= 11 is 0. The zero-order chi connectivity index (χ0) is 7.94. The first-order chi connectivity index (χ1) is 5.43. The third-order valence-electron chi connectivity index (χ3n) is 1.84. The number of rotatable bonds is 4. The Morgan fingerprint density at radius 1 is 1.55 bits per heavy atom. The number of piperidine rings is 1. The average Bonchev–Trinajstić information content (AvgIpc) is 2.07. The Morgan fingerprint density at radius 2 is 2.45 bits per heavy atom. The summed E-state index contributed by atoms with van der Waals surface area (Å²) in [6.45, 7) is 5.27. The Balaban J connectivity index is 1.96. The molecule has 0 amide bonds. The van der Waals surface area contributed by atoms with Gasteiger partial charge in [0.15, 0.2) is 0 Å². The van der Waals surface area contributed by atoms with Crippen LogP contribution >= 0.6 is 0 Å². The van der Waals surface area contributed by atoms with Gasteiger partial charge in [0, 0.05) is 13.2 Å². The van der Waals surface area contributed by atoms with Crippen LogP contribution in [0.3, 0.4) is 0 Å². The Kier molecular flexibility index (Phi) is 4.50. The zero-order valence-corrected chi connectivity index (χ0v) is 7.14. The fraction of sp³-hybridized carbons (Fsp3) is 1.00. The van der Waals surface area contributed by atoms with E-state index in [0.717, 1.165) is 19.7 Å². The predicted molar refractivity (Wildman–Crippen MR) is 43.5 cm³/mol. The molecule has 3 nitrogen and oxygen atoms in total. The second-order valence-corrected chi connectivity index (χ2v) is 2.75. The van der Waals surface area contributed by atoms with Crippen molar-refractivity contribution in [1.82, 2.24) is 5.32 Å². The molecular weight excluding hydrogens is 142 g/mol. The molecule has 0 aromatic carbocycles. The minimum Gasteiger partial charge on any atom is -0.356 e. The van der Waals surface area contributed by atoms with Crippen LogP contribution in [0.2, 0.25) is 0 Å². The summed E-state index contributed by atoms with van der Waals surface area (Å²) in [5.41, 5.74) is 0. The number of ether oxygens (including phenoxy) is 2. The van der Waals surface area contributed by atoms with Crippen molar-refractivity contribution in [3.05, 3.63) is 0 Å². The highest BCUT2D eigenvalue weighted by molar-refractivity contribution is 4.67. The average molecular weight is 159 g/mol. The third-order valence-corrected chi connectivity index (χ3v) is 1.84. The third kappa shape index (κ3) is 3.70. The Bertz CT molecular complexity index is 92.1. The largest absolute Gasteiger partial charge is 0.356 e. The molecule has 0 aliphatic carbocycles. The van der Waals surface area contributed by atoms with Crippen molar-refractivity contribution in [2.24, 2.45) is 0 Å². The molecule has 0 aromatic rings. The Labute approximate surface area is 68.1 Å². The fourth-order valence-electron chi connectivity index (χ4n) is 1.19. The van der Waals surface area contributed by atoms with Gasteiger partial charge in [-0.25, -0.2) is 0 Å². The summed E-state index contributed by atoms with van der Waals surface area (Å²) in [5, 5.41) is 3.28. The maximum Gasteiger partial charge on any atom is 0.147 e. The van der Waals surface area contributed by atoms with Crippen LogP contribution in [0.5, 0.6) is 0 Å². The quantitative estimate of drug-likeness (QED) is 0.485. The van der Waals surface area contributed by atoms with Crippen LogP contribution in [0.25, 0.3) is 0 Å². The van der Waals surface area contributed by atoms with E-state index in [1.165, 1.54) is 12.8 Å². The van der Waals surface area contributed by atoms with Crippen LogP contribution in [-0.2, 0) is 9.47 Å². The molecule has 66 valence electrons. The molecule has 1 N–H and O–H groups in total. The molecule has 0 unspecified atom stereocenters. The van der Waals surface area contributed by atoms with Crippen molar-refractivity contribution in [2.45, 2.75) is 25.9 Å². The first kappa shape index (κ1) is 8.97. The zero-order valence-electron chi connectivity index (χ0n) is 7.14. The summed E-state index contributed by atoms with van der Waals surface area (Å²) in [5.74, 6) is 0. The van der Waals surface area contributed by atoms with Gasteiger partial charge >= 0.3 is 0 Å². The normalized spacial score (nSPS) is 25.4. The van der Waals surface area contributed by atoms with Crippen molar-refractivity contribution in [3.63, 3.8) is 0 Å². The summed E-state index contributed by atoms with van der Waals surface area (Å²) in [4.78, 5) is 0. The van der Waals surface area contributed by atoms with Crippen molar-refractivity contribution in [1.29, 1.82) is 0 Å². The van der Waals surface area contributed by atoms with Gasteiger partial charge in [0.2, 0.25) is 0 Å². The smallest absolute Gasteiger partial charge is 0.147 e. The molecule has 1 aliphatic heterocycles. The van der Waals surface area contributed by atoms with Crippen LogP contribution < -0.4 is 5.32 Å². The molecule has 1 saturated heterocycles. The van der Waals surface area contributed by atoms with Gasteiger partial charge in [-0.1, -0.05) is 0 Å². The molecule has 1 aliphatic rings. The molecule has 0 aromatic heterocycles. The van der Waals surface area contributed by atoms with E-state index in [1.807, 2.05) is 6.92 Å². The van der Waals surface area contributed by atoms with Gasteiger partial charge in [-0.05, 0) is 26.3 Å². The van der Waals surface area contributed by atoms with E-state index in [0.29, 0.717) is 12.9 Å². The lowest BCUT2D eigenvalue weighted by molar-refractivity contribution is -0.0909. The molecule has 1 rings (SSSR count). The number of nitrogens with one attached hydrogen (secondary N) is 1. The lowest BCUT2D eigenvalue weighted by Gasteiger charge is -2.22. The van der Waals surface area contributed by atoms with Gasteiger partial charge in [-0.15, -0.1) is 0 Å². The van der Waals surface area contributed by atoms with E-state index in [1.54, 1.807) is 0 Å². The monoisotopic (exact) mass is 159 g/mol. The SMILES string of the molecule is CCOCO[C@H]1CCCNC1. The Hall–Kier alpha value is -0.120. The van der Waals surface area contributed by atoms with E-state index in [4.69, 9.17) is 9.47 Å². The standard InChI is InChI=1S/C8H17NO2/c1-2-10-7-11-8-4-3-5-9-6-8/h8-9H,2-7H2,1H3/t8-/m0/s1. The molecule has 0 saturated carbocycles.